The fraction of sp³-hybridized carbons (Fsp3) is 0.174. The highest BCUT2D eigenvalue weighted by molar-refractivity contribution is 7.80. The summed E-state index contributed by atoms with van der Waals surface area (Å²) < 4.78 is 5.46. The number of nitrogens with one attached hydrogen (secondary N) is 1. The molecule has 1 aliphatic heterocycles. The molecule has 0 radical (unpaired) electrons. The number of benzene rings is 3. The molecule has 5 rings (SSSR count). The van der Waals surface area contributed by atoms with Gasteiger partial charge in [0.05, 0.1) is 6.61 Å². The van der Waals surface area contributed by atoms with Crippen molar-refractivity contribution in [1.82, 2.24) is 0 Å². The van der Waals surface area contributed by atoms with E-state index in [0.29, 0.717) is 18.8 Å². The maximum absolute atomic E-state index is 11.1. The SMILES string of the molecule is O=C1CCc2cc(OCCS)ccc2N1.c1ccc(-c2ccc3cc2-3)cc1. The van der Waals surface area contributed by atoms with Gasteiger partial charge >= 0.3 is 0 Å². The molecule has 0 saturated heterocycles. The lowest BCUT2D eigenvalue weighted by Crippen LogP contribution is -2.18. The zero-order chi connectivity index (χ0) is 18.6. The molecule has 0 aromatic heterocycles. The lowest BCUT2D eigenvalue weighted by Gasteiger charge is -2.17. The lowest BCUT2D eigenvalue weighted by molar-refractivity contribution is -0.116. The van der Waals surface area contributed by atoms with E-state index in [1.165, 1.54) is 22.3 Å². The van der Waals surface area contributed by atoms with Crippen LogP contribution < -0.4 is 10.1 Å². The summed E-state index contributed by atoms with van der Waals surface area (Å²) in [6.45, 7) is 0.605. The summed E-state index contributed by atoms with van der Waals surface area (Å²) >= 11 is 4.08. The number of anilines is 1. The van der Waals surface area contributed by atoms with Crippen LogP contribution in [0.3, 0.4) is 0 Å². The highest BCUT2D eigenvalue weighted by atomic mass is 32.1. The van der Waals surface area contributed by atoms with Crippen LogP contribution in [0, 0.1) is 0 Å². The van der Waals surface area contributed by atoms with Crippen molar-refractivity contribution < 1.29 is 9.53 Å². The van der Waals surface area contributed by atoms with Crippen LogP contribution in [0.25, 0.3) is 22.3 Å². The second-order valence-corrected chi connectivity index (χ2v) is 7.01. The van der Waals surface area contributed by atoms with Crippen LogP contribution in [-0.2, 0) is 11.2 Å². The molecule has 0 bridgehead atoms. The van der Waals surface area contributed by atoms with Gasteiger partial charge in [-0.1, -0.05) is 42.5 Å². The lowest BCUT2D eigenvalue weighted by atomic mass is 10.0. The highest BCUT2D eigenvalue weighted by Gasteiger charge is 2.17. The van der Waals surface area contributed by atoms with E-state index in [1.807, 2.05) is 18.2 Å². The molecule has 0 fully saturated rings. The highest BCUT2D eigenvalue weighted by Crippen LogP contribution is 2.43. The van der Waals surface area contributed by atoms with E-state index in [1.54, 1.807) is 0 Å². The quantitative estimate of drug-likeness (QED) is 0.480. The number of rotatable bonds is 4. The maximum atomic E-state index is 11.1. The summed E-state index contributed by atoms with van der Waals surface area (Å²) in [7, 11) is 0. The zero-order valence-electron chi connectivity index (χ0n) is 14.9. The number of amides is 1. The average molecular weight is 375 g/mol. The number of carbonyl (C=O) groups is 1. The van der Waals surface area contributed by atoms with Gasteiger partial charge in [0.2, 0.25) is 5.91 Å². The van der Waals surface area contributed by atoms with E-state index in [4.69, 9.17) is 4.74 Å². The normalized spacial score (nSPS) is 13.0. The van der Waals surface area contributed by atoms with E-state index < -0.39 is 0 Å². The molecule has 27 heavy (non-hydrogen) atoms. The molecule has 2 aromatic carbocycles. The van der Waals surface area contributed by atoms with Crippen LogP contribution in [0.1, 0.15) is 12.0 Å². The minimum atomic E-state index is 0.0894. The number of aryl methyl sites for hydroxylation is 1. The van der Waals surface area contributed by atoms with Crippen LogP contribution in [0.15, 0.2) is 66.7 Å². The van der Waals surface area contributed by atoms with E-state index in [-0.39, 0.29) is 5.91 Å². The van der Waals surface area contributed by atoms with Crippen LogP contribution in [0.2, 0.25) is 0 Å². The van der Waals surface area contributed by atoms with Gasteiger partial charge in [0.1, 0.15) is 5.75 Å². The monoisotopic (exact) mass is 375 g/mol. The predicted octanol–water partition coefficient (Wildman–Crippen LogP) is 5.21. The first kappa shape index (κ1) is 17.7. The number of hydrogen-bond acceptors (Lipinski definition) is 3. The molecular weight excluding hydrogens is 354 g/mol. The Balaban J connectivity index is 0.000000136. The Morgan fingerprint density at radius 3 is 2.44 bits per heavy atom. The van der Waals surface area contributed by atoms with Crippen molar-refractivity contribution in [2.24, 2.45) is 0 Å². The van der Waals surface area contributed by atoms with Gasteiger partial charge in [-0.2, -0.15) is 12.6 Å². The molecule has 2 aromatic rings. The molecule has 2 aliphatic carbocycles. The maximum Gasteiger partial charge on any atom is 0.224 e. The van der Waals surface area contributed by atoms with Gasteiger partial charge < -0.3 is 10.1 Å². The Labute approximate surface area is 164 Å². The second kappa shape index (κ2) is 7.89. The summed E-state index contributed by atoms with van der Waals surface area (Å²) in [5.41, 5.74) is 7.60. The number of fused-ring (bicyclic) bond motifs is 2. The minimum absolute atomic E-state index is 0.0894. The standard InChI is InChI=1S/C12H8.C11H13NO2S/c1-2-4-9(5-3-1)11-7-6-10-8-12(10)11;13-11-4-1-8-7-9(14-5-6-15)2-3-10(8)12-11/h1-8H;2-3,7,15H,1,4-6H2,(H,12,13). The summed E-state index contributed by atoms with van der Waals surface area (Å²) in [5.74, 6) is 1.64. The Morgan fingerprint density at radius 2 is 1.74 bits per heavy atom. The first-order valence-electron chi connectivity index (χ1n) is 9.11. The van der Waals surface area contributed by atoms with Gasteiger partial charge in [0.25, 0.3) is 0 Å². The van der Waals surface area contributed by atoms with Crippen molar-refractivity contribution in [2.75, 3.05) is 17.7 Å². The summed E-state index contributed by atoms with van der Waals surface area (Å²) in [6, 6.07) is 22.9. The molecule has 0 unspecified atom stereocenters. The van der Waals surface area contributed by atoms with E-state index in [2.05, 4.69) is 66.5 Å². The Hall–Kier alpha value is -2.72. The number of hydrogen-bond donors (Lipinski definition) is 2. The third kappa shape index (κ3) is 4.17. The Bertz CT molecular complexity index is 969. The fourth-order valence-electron chi connectivity index (χ4n) is 3.24. The van der Waals surface area contributed by atoms with Gasteiger partial charge in [-0.25, -0.2) is 0 Å². The first-order valence-corrected chi connectivity index (χ1v) is 9.74. The fourth-order valence-corrected chi connectivity index (χ4v) is 3.33. The zero-order valence-corrected chi connectivity index (χ0v) is 15.8. The second-order valence-electron chi connectivity index (χ2n) is 6.57. The summed E-state index contributed by atoms with van der Waals surface area (Å²) in [5, 5.41) is 2.83. The van der Waals surface area contributed by atoms with Gasteiger partial charge in [-0.05, 0) is 58.5 Å². The Morgan fingerprint density at radius 1 is 0.889 bits per heavy atom. The van der Waals surface area contributed by atoms with Crippen molar-refractivity contribution in [1.29, 1.82) is 0 Å². The van der Waals surface area contributed by atoms with Gasteiger partial charge in [0.15, 0.2) is 0 Å². The third-order valence-corrected chi connectivity index (χ3v) is 4.85. The van der Waals surface area contributed by atoms with E-state index >= 15 is 0 Å². The van der Waals surface area contributed by atoms with Crippen molar-refractivity contribution in [3.05, 3.63) is 72.3 Å². The minimum Gasteiger partial charge on any atom is -0.493 e. The molecule has 136 valence electrons. The molecule has 1 amide bonds. The molecule has 3 nitrogen and oxygen atoms in total. The molecule has 0 saturated carbocycles. The van der Waals surface area contributed by atoms with Crippen LogP contribution in [0.4, 0.5) is 5.69 Å². The van der Waals surface area contributed by atoms with Gasteiger partial charge in [-0.3, -0.25) is 4.79 Å². The van der Waals surface area contributed by atoms with E-state index in [0.717, 1.165) is 23.4 Å². The number of thiol groups is 1. The van der Waals surface area contributed by atoms with Crippen LogP contribution in [-0.4, -0.2) is 18.3 Å². The number of carbonyl (C=O) groups excluding carboxylic acids is 1. The molecule has 1 heterocycles. The largest absolute Gasteiger partial charge is 0.493 e. The molecule has 3 aliphatic rings. The van der Waals surface area contributed by atoms with Crippen LogP contribution >= 0.6 is 12.6 Å². The number of ether oxygens (including phenoxy) is 1. The summed E-state index contributed by atoms with van der Waals surface area (Å²) in [6.07, 6.45) is 1.35. The van der Waals surface area contributed by atoms with Crippen molar-refractivity contribution in [3.8, 4) is 28.0 Å². The average Bonchev–Trinajstić information content (AvgIpc) is 3.37. The first-order chi connectivity index (χ1) is 13.2. The Kier molecular flexibility index (Phi) is 5.16. The predicted molar refractivity (Wildman–Crippen MR) is 114 cm³/mol. The molecule has 1 N–H and O–H groups in total. The van der Waals surface area contributed by atoms with Gasteiger partial charge in [-0.15, -0.1) is 0 Å². The van der Waals surface area contributed by atoms with Gasteiger partial charge in [0, 0.05) is 17.9 Å². The topological polar surface area (TPSA) is 38.3 Å². The van der Waals surface area contributed by atoms with Crippen molar-refractivity contribution in [2.45, 2.75) is 12.8 Å². The van der Waals surface area contributed by atoms with Crippen LogP contribution in [0.5, 0.6) is 5.75 Å². The molecular formula is C23H21NO2S. The molecule has 4 heteroatoms. The molecule has 0 spiro atoms. The van der Waals surface area contributed by atoms with Crippen molar-refractivity contribution >= 4 is 24.2 Å². The third-order valence-electron chi connectivity index (χ3n) is 4.66. The molecule has 0 atom stereocenters. The summed E-state index contributed by atoms with van der Waals surface area (Å²) in [4.78, 5) is 11.1. The van der Waals surface area contributed by atoms with E-state index in [9.17, 15) is 4.79 Å². The smallest absolute Gasteiger partial charge is 0.224 e. The van der Waals surface area contributed by atoms with Crippen molar-refractivity contribution in [3.63, 3.8) is 0 Å².